The summed E-state index contributed by atoms with van der Waals surface area (Å²) in [6.45, 7) is 8.41. The molecule has 2 N–H and O–H groups in total. The lowest BCUT2D eigenvalue weighted by atomic mass is 9.90. The number of hydrogen-bond acceptors (Lipinski definition) is 4. The van der Waals surface area contributed by atoms with Crippen molar-refractivity contribution in [1.82, 2.24) is 5.32 Å². The van der Waals surface area contributed by atoms with E-state index < -0.39 is 18.3 Å². The van der Waals surface area contributed by atoms with E-state index in [0.717, 1.165) is 16.5 Å². The molecule has 2 rings (SSSR count). The van der Waals surface area contributed by atoms with Gasteiger partial charge in [-0.3, -0.25) is 9.69 Å². The molecule has 0 saturated carbocycles. The van der Waals surface area contributed by atoms with Crippen molar-refractivity contribution in [3.05, 3.63) is 71.5 Å². The topological polar surface area (TPSA) is 61.8 Å². The van der Waals surface area contributed by atoms with E-state index >= 15 is 0 Å². The summed E-state index contributed by atoms with van der Waals surface area (Å²) < 4.78 is 48.0. The number of nitrogens with zero attached hydrogens (tertiary/aromatic N) is 1. The van der Waals surface area contributed by atoms with Crippen LogP contribution in [0.25, 0.3) is 11.1 Å². The van der Waals surface area contributed by atoms with Gasteiger partial charge in [0.2, 0.25) is 11.8 Å². The van der Waals surface area contributed by atoms with Crippen molar-refractivity contribution in [3.8, 4) is 16.9 Å². The SMILES string of the molecule is C=CC(=O)NCc1cc(-c2ccc(OC(C)(C)F)cc2)c(C)c(N(/C=C(\C)CC)C(F)F)c1CCO. The zero-order valence-electron chi connectivity index (χ0n) is 21.5. The van der Waals surface area contributed by atoms with Gasteiger partial charge < -0.3 is 15.2 Å². The average Bonchev–Trinajstić information content (AvgIpc) is 2.82. The summed E-state index contributed by atoms with van der Waals surface area (Å²) in [5, 5.41) is 12.5. The molecule has 0 saturated heterocycles. The maximum atomic E-state index is 14.4. The zero-order chi connectivity index (χ0) is 27.0. The van der Waals surface area contributed by atoms with Crippen molar-refractivity contribution >= 4 is 11.6 Å². The Kier molecular flexibility index (Phi) is 10.2. The normalized spacial score (nSPS) is 12.0. The van der Waals surface area contributed by atoms with Gasteiger partial charge in [-0.05, 0) is 78.8 Å². The summed E-state index contributed by atoms with van der Waals surface area (Å²) in [4.78, 5) is 12.8. The molecule has 0 bridgehead atoms. The highest BCUT2D eigenvalue weighted by Gasteiger charge is 2.25. The van der Waals surface area contributed by atoms with Gasteiger partial charge in [0.05, 0.1) is 5.69 Å². The van der Waals surface area contributed by atoms with Crippen LogP contribution in [0, 0.1) is 6.92 Å². The first-order valence-corrected chi connectivity index (χ1v) is 11.8. The molecule has 0 aliphatic heterocycles. The van der Waals surface area contributed by atoms with Crippen molar-refractivity contribution in [2.75, 3.05) is 11.5 Å². The Balaban J connectivity index is 2.79. The lowest BCUT2D eigenvalue weighted by molar-refractivity contribution is -0.116. The van der Waals surface area contributed by atoms with Crippen LogP contribution in [0.15, 0.2) is 54.8 Å². The van der Waals surface area contributed by atoms with E-state index in [1.54, 1.807) is 38.1 Å². The van der Waals surface area contributed by atoms with Crippen LogP contribution in [0.3, 0.4) is 0 Å². The third-order valence-electron chi connectivity index (χ3n) is 5.66. The quantitative estimate of drug-likeness (QED) is 0.258. The molecular weight excluding hydrogens is 469 g/mol. The van der Waals surface area contributed by atoms with Gasteiger partial charge in [0.15, 0.2) is 0 Å². The van der Waals surface area contributed by atoms with Crippen molar-refractivity contribution in [1.29, 1.82) is 0 Å². The number of amides is 1. The minimum Gasteiger partial charge on any atom is -0.459 e. The Bertz CT molecular complexity index is 1090. The molecule has 2 aromatic rings. The Morgan fingerprint density at radius 2 is 1.92 bits per heavy atom. The number of carbonyl (C=O) groups is 1. The lowest BCUT2D eigenvalue weighted by Crippen LogP contribution is -2.27. The molecule has 0 unspecified atom stereocenters. The molecule has 0 heterocycles. The standard InChI is InChI=1S/C28H35F3N2O3/c1-7-18(3)17-33(27(29)30)26-19(4)24(20-9-11-22(12-10-20)36-28(5,6)31)15-21(23(26)13-14-34)16-32-25(35)8-2/h8-12,15,17,27,34H,2,7,13-14,16H2,1,3-6H3,(H,32,35)/b18-17+. The number of carbonyl (C=O) groups excluding carboxylic acids is 1. The Hall–Kier alpha value is -3.26. The highest BCUT2D eigenvalue weighted by molar-refractivity contribution is 5.87. The summed E-state index contributed by atoms with van der Waals surface area (Å²) in [5.41, 5.74) is 4.08. The summed E-state index contributed by atoms with van der Waals surface area (Å²) >= 11 is 0. The number of anilines is 1. The highest BCUT2D eigenvalue weighted by atomic mass is 19.3. The van der Waals surface area contributed by atoms with E-state index in [2.05, 4.69) is 11.9 Å². The number of nitrogens with one attached hydrogen (secondary N) is 1. The van der Waals surface area contributed by atoms with Crippen molar-refractivity contribution in [3.63, 3.8) is 0 Å². The third kappa shape index (κ3) is 7.62. The molecule has 0 radical (unpaired) electrons. The van der Waals surface area contributed by atoms with Crippen LogP contribution < -0.4 is 15.0 Å². The number of allylic oxidation sites excluding steroid dienone is 1. The summed E-state index contributed by atoms with van der Waals surface area (Å²) in [7, 11) is 0. The van der Waals surface area contributed by atoms with E-state index in [0.29, 0.717) is 40.0 Å². The molecule has 0 fully saturated rings. The van der Waals surface area contributed by atoms with Gasteiger partial charge in [0, 0.05) is 33.2 Å². The number of aliphatic hydroxyl groups is 1. The van der Waals surface area contributed by atoms with Crippen molar-refractivity contribution < 1.29 is 27.8 Å². The van der Waals surface area contributed by atoms with Crippen LogP contribution >= 0.6 is 0 Å². The Morgan fingerprint density at radius 3 is 2.42 bits per heavy atom. The largest absolute Gasteiger partial charge is 0.459 e. The van der Waals surface area contributed by atoms with E-state index in [-0.39, 0.29) is 25.3 Å². The van der Waals surface area contributed by atoms with Crippen molar-refractivity contribution in [2.45, 2.75) is 66.4 Å². The first-order valence-electron chi connectivity index (χ1n) is 11.8. The number of aliphatic hydroxyl groups excluding tert-OH is 1. The van der Waals surface area contributed by atoms with E-state index in [1.807, 2.05) is 13.0 Å². The second kappa shape index (κ2) is 12.6. The van der Waals surface area contributed by atoms with Gasteiger partial charge >= 0.3 is 6.55 Å². The fourth-order valence-corrected chi connectivity index (χ4v) is 3.86. The van der Waals surface area contributed by atoms with Gasteiger partial charge in [-0.1, -0.05) is 31.2 Å². The monoisotopic (exact) mass is 504 g/mol. The molecule has 2 aromatic carbocycles. The number of benzene rings is 2. The molecule has 8 heteroatoms. The molecule has 0 spiro atoms. The maximum absolute atomic E-state index is 14.4. The molecule has 0 atom stereocenters. The number of halogens is 3. The molecule has 36 heavy (non-hydrogen) atoms. The minimum absolute atomic E-state index is 0.0608. The Labute approximate surface area is 211 Å². The number of alkyl halides is 3. The molecular formula is C28H35F3N2O3. The molecule has 0 aliphatic rings. The Morgan fingerprint density at radius 1 is 1.28 bits per heavy atom. The molecule has 196 valence electrons. The number of ether oxygens (including phenoxy) is 1. The van der Waals surface area contributed by atoms with Crippen LogP contribution in [-0.2, 0) is 17.8 Å². The van der Waals surface area contributed by atoms with Crippen LogP contribution in [0.1, 0.15) is 50.8 Å². The van der Waals surface area contributed by atoms with E-state index in [9.17, 15) is 23.1 Å². The zero-order valence-corrected chi connectivity index (χ0v) is 21.5. The van der Waals surface area contributed by atoms with E-state index in [1.165, 1.54) is 20.0 Å². The smallest absolute Gasteiger partial charge is 0.319 e. The van der Waals surface area contributed by atoms with Crippen LogP contribution in [0.5, 0.6) is 5.75 Å². The summed E-state index contributed by atoms with van der Waals surface area (Å²) in [5.74, 6) is -1.93. The molecule has 5 nitrogen and oxygen atoms in total. The predicted molar refractivity (Wildman–Crippen MR) is 138 cm³/mol. The van der Waals surface area contributed by atoms with Gasteiger partial charge in [-0.2, -0.15) is 13.2 Å². The van der Waals surface area contributed by atoms with Crippen LogP contribution in [0.4, 0.5) is 18.9 Å². The number of hydrogen-bond donors (Lipinski definition) is 2. The predicted octanol–water partition coefficient (Wildman–Crippen LogP) is 6.43. The second-order valence-corrected chi connectivity index (χ2v) is 8.93. The first kappa shape index (κ1) is 29.0. The van der Waals surface area contributed by atoms with Gasteiger partial charge in [0.1, 0.15) is 5.75 Å². The highest BCUT2D eigenvalue weighted by Crippen LogP contribution is 2.39. The second-order valence-electron chi connectivity index (χ2n) is 8.93. The average molecular weight is 505 g/mol. The molecule has 0 aromatic heterocycles. The summed E-state index contributed by atoms with van der Waals surface area (Å²) in [6, 6.07) is 8.50. The third-order valence-corrected chi connectivity index (χ3v) is 5.66. The van der Waals surface area contributed by atoms with Gasteiger partial charge in [-0.25, -0.2) is 0 Å². The fourth-order valence-electron chi connectivity index (χ4n) is 3.86. The lowest BCUT2D eigenvalue weighted by Gasteiger charge is -2.29. The molecule has 0 aliphatic carbocycles. The first-order chi connectivity index (χ1) is 16.9. The van der Waals surface area contributed by atoms with Gasteiger partial charge in [0.25, 0.3) is 0 Å². The maximum Gasteiger partial charge on any atom is 0.319 e. The van der Waals surface area contributed by atoms with Gasteiger partial charge in [-0.15, -0.1) is 0 Å². The van der Waals surface area contributed by atoms with E-state index in [4.69, 9.17) is 4.74 Å². The minimum atomic E-state index is -2.84. The van der Waals surface area contributed by atoms with Crippen molar-refractivity contribution in [2.24, 2.45) is 0 Å². The summed E-state index contributed by atoms with van der Waals surface area (Å²) in [6.07, 6.45) is 3.26. The van der Waals surface area contributed by atoms with Crippen LogP contribution in [0.2, 0.25) is 0 Å². The van der Waals surface area contributed by atoms with Crippen LogP contribution in [-0.4, -0.2) is 30.0 Å². The molecule has 1 amide bonds. The number of rotatable bonds is 12. The fraction of sp³-hybridized carbons (Fsp3) is 0.393.